The van der Waals surface area contributed by atoms with Gasteiger partial charge in [0.05, 0.1) is 4.90 Å². The van der Waals surface area contributed by atoms with Gasteiger partial charge in [0, 0.05) is 31.2 Å². The molecule has 144 valence electrons. The molecule has 1 aliphatic heterocycles. The molecule has 1 amide bonds. The van der Waals surface area contributed by atoms with Crippen LogP contribution in [0.15, 0.2) is 29.2 Å². The Labute approximate surface area is 157 Å². The summed E-state index contributed by atoms with van der Waals surface area (Å²) in [7, 11) is -1.94. The highest BCUT2D eigenvalue weighted by molar-refractivity contribution is 7.89. The summed E-state index contributed by atoms with van der Waals surface area (Å²) in [4.78, 5) is 15.3. The summed E-state index contributed by atoms with van der Waals surface area (Å²) in [6.07, 6.45) is 7.10. The van der Waals surface area contributed by atoms with Gasteiger partial charge >= 0.3 is 0 Å². The van der Waals surface area contributed by atoms with E-state index >= 15 is 0 Å². The van der Waals surface area contributed by atoms with E-state index in [-0.39, 0.29) is 16.8 Å². The standard InChI is InChI=1S/C20H30N2O3S/c1-15(2)21(3)26(24,25)18-12-10-17(11-13-18)20(23)22-14-6-8-16-7-4-5-9-19(16)22/h10-13,15-16,19H,4-9,14H2,1-3H3/t16-,19-/m1/s1. The molecular formula is C20H30N2O3S. The first-order chi connectivity index (χ1) is 12.3. The lowest BCUT2D eigenvalue weighted by molar-refractivity contribution is 0.0390. The quantitative estimate of drug-likeness (QED) is 0.806. The van der Waals surface area contributed by atoms with E-state index in [0.29, 0.717) is 17.5 Å². The zero-order valence-electron chi connectivity index (χ0n) is 16.0. The Morgan fingerprint density at radius 3 is 2.35 bits per heavy atom. The van der Waals surface area contributed by atoms with Crippen LogP contribution in [0.25, 0.3) is 0 Å². The lowest BCUT2D eigenvalue weighted by atomic mass is 9.78. The Morgan fingerprint density at radius 2 is 1.69 bits per heavy atom. The number of piperidine rings is 1. The van der Waals surface area contributed by atoms with Crippen LogP contribution < -0.4 is 0 Å². The van der Waals surface area contributed by atoms with Crippen molar-refractivity contribution in [3.63, 3.8) is 0 Å². The molecule has 1 aromatic rings. The molecule has 5 nitrogen and oxygen atoms in total. The number of benzene rings is 1. The van der Waals surface area contributed by atoms with E-state index in [1.165, 1.54) is 30.0 Å². The van der Waals surface area contributed by atoms with Gasteiger partial charge in [0.25, 0.3) is 5.91 Å². The first-order valence-electron chi connectivity index (χ1n) is 9.71. The molecule has 0 bridgehead atoms. The van der Waals surface area contributed by atoms with Crippen LogP contribution in [0.1, 0.15) is 62.7 Å². The number of sulfonamides is 1. The van der Waals surface area contributed by atoms with Gasteiger partial charge in [-0.1, -0.05) is 12.8 Å². The predicted molar refractivity (Wildman–Crippen MR) is 103 cm³/mol. The number of amides is 1. The Bertz CT molecular complexity index is 741. The van der Waals surface area contributed by atoms with Gasteiger partial charge < -0.3 is 4.90 Å². The second-order valence-electron chi connectivity index (χ2n) is 7.89. The van der Waals surface area contributed by atoms with Gasteiger partial charge in [0.1, 0.15) is 0 Å². The van der Waals surface area contributed by atoms with Gasteiger partial charge in [-0.15, -0.1) is 0 Å². The minimum absolute atomic E-state index is 0.0442. The highest BCUT2D eigenvalue weighted by Crippen LogP contribution is 2.36. The number of fused-ring (bicyclic) bond motifs is 1. The molecule has 1 aliphatic carbocycles. The topological polar surface area (TPSA) is 57.7 Å². The van der Waals surface area contributed by atoms with Crippen LogP contribution in [-0.2, 0) is 10.0 Å². The number of hydrogen-bond acceptors (Lipinski definition) is 3. The van der Waals surface area contributed by atoms with Crippen molar-refractivity contribution in [3.8, 4) is 0 Å². The van der Waals surface area contributed by atoms with Crippen molar-refractivity contribution in [1.29, 1.82) is 0 Å². The molecule has 0 spiro atoms. The van der Waals surface area contributed by atoms with Gasteiger partial charge in [-0.2, -0.15) is 4.31 Å². The molecule has 0 unspecified atom stereocenters. The molecule has 0 radical (unpaired) electrons. The van der Waals surface area contributed by atoms with Crippen LogP contribution in [0.2, 0.25) is 0 Å². The first kappa shape index (κ1) is 19.4. The zero-order valence-corrected chi connectivity index (χ0v) is 16.8. The number of nitrogens with zero attached hydrogens (tertiary/aromatic N) is 2. The molecule has 0 N–H and O–H groups in total. The van der Waals surface area contributed by atoms with Crippen LogP contribution in [-0.4, -0.2) is 49.2 Å². The second kappa shape index (κ2) is 7.69. The SMILES string of the molecule is CC(C)N(C)S(=O)(=O)c1ccc(C(=O)N2CCC[C@H]3CCCC[C@H]32)cc1. The van der Waals surface area contributed by atoms with Crippen molar-refractivity contribution >= 4 is 15.9 Å². The van der Waals surface area contributed by atoms with E-state index in [0.717, 1.165) is 19.4 Å². The number of rotatable bonds is 4. The average molecular weight is 379 g/mol. The lowest BCUT2D eigenvalue weighted by Crippen LogP contribution is -2.49. The molecule has 1 aromatic carbocycles. The zero-order chi connectivity index (χ0) is 18.9. The highest BCUT2D eigenvalue weighted by atomic mass is 32.2. The number of hydrogen-bond donors (Lipinski definition) is 0. The summed E-state index contributed by atoms with van der Waals surface area (Å²) in [6.45, 7) is 4.49. The molecule has 0 aromatic heterocycles. The Kier molecular flexibility index (Phi) is 5.72. The van der Waals surface area contributed by atoms with Gasteiger partial charge in [0.2, 0.25) is 10.0 Å². The third kappa shape index (κ3) is 3.67. The van der Waals surface area contributed by atoms with Crippen LogP contribution in [0.5, 0.6) is 0 Å². The molecule has 1 saturated heterocycles. The summed E-state index contributed by atoms with van der Waals surface area (Å²) >= 11 is 0. The van der Waals surface area contributed by atoms with E-state index in [1.807, 2.05) is 18.7 Å². The molecule has 1 heterocycles. The van der Waals surface area contributed by atoms with Gasteiger partial charge in [-0.05, 0) is 69.7 Å². The maximum atomic E-state index is 13.0. The number of likely N-dealkylation sites (tertiary alicyclic amines) is 1. The molecule has 6 heteroatoms. The van der Waals surface area contributed by atoms with E-state index in [1.54, 1.807) is 31.3 Å². The van der Waals surface area contributed by atoms with Crippen LogP contribution in [0, 0.1) is 5.92 Å². The number of carbonyl (C=O) groups is 1. The van der Waals surface area contributed by atoms with Gasteiger partial charge in [0.15, 0.2) is 0 Å². The summed E-state index contributed by atoms with van der Waals surface area (Å²) in [5.41, 5.74) is 0.586. The summed E-state index contributed by atoms with van der Waals surface area (Å²) < 4.78 is 26.5. The van der Waals surface area contributed by atoms with Crippen LogP contribution in [0.4, 0.5) is 0 Å². The molecule has 3 rings (SSSR count). The third-order valence-corrected chi connectivity index (χ3v) is 8.06. The summed E-state index contributed by atoms with van der Waals surface area (Å²) in [5, 5.41) is 0. The molecule has 2 fully saturated rings. The van der Waals surface area contributed by atoms with Crippen molar-refractivity contribution in [2.75, 3.05) is 13.6 Å². The first-order valence-corrected chi connectivity index (χ1v) is 11.2. The molecular weight excluding hydrogens is 348 g/mol. The van der Waals surface area contributed by atoms with Crippen molar-refractivity contribution in [2.45, 2.75) is 69.4 Å². The van der Waals surface area contributed by atoms with Gasteiger partial charge in [-0.3, -0.25) is 4.79 Å². The van der Waals surface area contributed by atoms with Crippen molar-refractivity contribution in [3.05, 3.63) is 29.8 Å². The monoisotopic (exact) mass is 378 g/mol. The number of carbonyl (C=O) groups excluding carboxylic acids is 1. The fourth-order valence-electron chi connectivity index (χ4n) is 4.26. The largest absolute Gasteiger partial charge is 0.335 e. The maximum absolute atomic E-state index is 13.0. The van der Waals surface area contributed by atoms with Gasteiger partial charge in [-0.25, -0.2) is 8.42 Å². The Balaban J connectivity index is 1.79. The minimum atomic E-state index is -3.52. The van der Waals surface area contributed by atoms with E-state index in [9.17, 15) is 13.2 Å². The molecule has 2 aliphatic rings. The Morgan fingerprint density at radius 1 is 1.08 bits per heavy atom. The van der Waals surface area contributed by atoms with Crippen molar-refractivity contribution in [1.82, 2.24) is 9.21 Å². The average Bonchev–Trinajstić information content (AvgIpc) is 2.66. The molecule has 1 saturated carbocycles. The van der Waals surface area contributed by atoms with Crippen molar-refractivity contribution in [2.24, 2.45) is 5.92 Å². The lowest BCUT2D eigenvalue weighted by Gasteiger charge is -2.44. The van der Waals surface area contributed by atoms with E-state index < -0.39 is 10.0 Å². The summed E-state index contributed by atoms with van der Waals surface area (Å²) in [6, 6.07) is 6.69. The fraction of sp³-hybridized carbons (Fsp3) is 0.650. The third-order valence-electron chi connectivity index (χ3n) is 6.01. The summed E-state index contributed by atoms with van der Waals surface area (Å²) in [5.74, 6) is 0.684. The Hall–Kier alpha value is -1.40. The fourth-order valence-corrected chi connectivity index (χ4v) is 5.62. The minimum Gasteiger partial charge on any atom is -0.335 e. The normalized spacial score (nSPS) is 24.0. The molecule has 2 atom stereocenters. The second-order valence-corrected chi connectivity index (χ2v) is 9.89. The van der Waals surface area contributed by atoms with E-state index in [4.69, 9.17) is 0 Å². The smallest absolute Gasteiger partial charge is 0.254 e. The van der Waals surface area contributed by atoms with E-state index in [2.05, 4.69) is 0 Å². The molecule has 26 heavy (non-hydrogen) atoms. The maximum Gasteiger partial charge on any atom is 0.254 e. The van der Waals surface area contributed by atoms with Crippen LogP contribution >= 0.6 is 0 Å². The highest BCUT2D eigenvalue weighted by Gasteiger charge is 2.36. The van der Waals surface area contributed by atoms with Crippen LogP contribution in [0.3, 0.4) is 0 Å². The predicted octanol–water partition coefficient (Wildman–Crippen LogP) is 3.51. The van der Waals surface area contributed by atoms with Crippen molar-refractivity contribution < 1.29 is 13.2 Å².